The van der Waals surface area contributed by atoms with Gasteiger partial charge >= 0.3 is 6.03 Å². The summed E-state index contributed by atoms with van der Waals surface area (Å²) in [5.41, 5.74) is 3.21. The molecule has 0 heterocycles. The van der Waals surface area contributed by atoms with E-state index < -0.39 is 0 Å². The highest BCUT2D eigenvalue weighted by molar-refractivity contribution is 5.91. The SMILES string of the molecule is CCN(C(=O)NCCOc1ccc(C)cc1C)c1ccccc1. The number of amides is 2. The molecule has 4 nitrogen and oxygen atoms in total. The van der Waals surface area contributed by atoms with Crippen LogP contribution in [-0.4, -0.2) is 25.7 Å². The molecule has 1 N–H and O–H groups in total. The van der Waals surface area contributed by atoms with Crippen LogP contribution in [0.1, 0.15) is 18.1 Å². The van der Waals surface area contributed by atoms with Crippen molar-refractivity contribution in [3.8, 4) is 5.75 Å². The molecule has 0 aliphatic heterocycles. The zero-order chi connectivity index (χ0) is 16.7. The minimum atomic E-state index is -0.108. The second-order valence-corrected chi connectivity index (χ2v) is 5.43. The quantitative estimate of drug-likeness (QED) is 0.821. The first kappa shape index (κ1) is 16.9. The number of nitrogens with zero attached hydrogens (tertiary/aromatic N) is 1. The second kappa shape index (κ2) is 8.22. The number of rotatable bonds is 6. The molecule has 0 spiro atoms. The fourth-order valence-electron chi connectivity index (χ4n) is 2.43. The molecular weight excluding hydrogens is 288 g/mol. The van der Waals surface area contributed by atoms with Gasteiger partial charge in [-0.15, -0.1) is 0 Å². The van der Waals surface area contributed by atoms with Gasteiger partial charge in [0.05, 0.1) is 6.54 Å². The first-order valence-electron chi connectivity index (χ1n) is 7.92. The molecule has 0 bridgehead atoms. The Bertz CT molecular complexity index is 641. The lowest BCUT2D eigenvalue weighted by atomic mass is 10.1. The van der Waals surface area contributed by atoms with Gasteiger partial charge in [0.15, 0.2) is 0 Å². The summed E-state index contributed by atoms with van der Waals surface area (Å²) in [5, 5.41) is 2.90. The molecular formula is C19H24N2O2. The highest BCUT2D eigenvalue weighted by Gasteiger charge is 2.12. The van der Waals surface area contributed by atoms with Crippen LogP contribution in [0.3, 0.4) is 0 Å². The predicted octanol–water partition coefficient (Wildman–Crippen LogP) is 3.92. The molecule has 2 aromatic rings. The molecule has 2 aromatic carbocycles. The largest absolute Gasteiger partial charge is 0.491 e. The molecule has 0 radical (unpaired) electrons. The first-order valence-corrected chi connectivity index (χ1v) is 7.92. The number of nitrogens with one attached hydrogen (secondary N) is 1. The van der Waals surface area contributed by atoms with Crippen molar-refractivity contribution >= 4 is 11.7 Å². The predicted molar refractivity (Wildman–Crippen MR) is 94.3 cm³/mol. The third kappa shape index (κ3) is 4.74. The van der Waals surface area contributed by atoms with Crippen LogP contribution in [0.5, 0.6) is 5.75 Å². The van der Waals surface area contributed by atoms with E-state index in [9.17, 15) is 4.79 Å². The van der Waals surface area contributed by atoms with Crippen LogP contribution >= 0.6 is 0 Å². The number of para-hydroxylation sites is 1. The topological polar surface area (TPSA) is 41.6 Å². The van der Waals surface area contributed by atoms with Gasteiger partial charge in [0, 0.05) is 12.2 Å². The van der Waals surface area contributed by atoms with Gasteiger partial charge < -0.3 is 10.1 Å². The summed E-state index contributed by atoms with van der Waals surface area (Å²) in [7, 11) is 0. The lowest BCUT2D eigenvalue weighted by Gasteiger charge is -2.21. The number of carbonyl (C=O) groups is 1. The Labute approximate surface area is 138 Å². The average Bonchev–Trinajstić information content (AvgIpc) is 2.55. The lowest BCUT2D eigenvalue weighted by molar-refractivity contribution is 0.242. The number of hydrogen-bond acceptors (Lipinski definition) is 2. The van der Waals surface area contributed by atoms with Crippen molar-refractivity contribution < 1.29 is 9.53 Å². The molecule has 2 amide bonds. The molecule has 2 rings (SSSR count). The molecule has 0 saturated heterocycles. The maximum absolute atomic E-state index is 12.3. The van der Waals surface area contributed by atoms with Crippen molar-refractivity contribution in [2.75, 3.05) is 24.6 Å². The minimum Gasteiger partial charge on any atom is -0.491 e. The highest BCUT2D eigenvalue weighted by atomic mass is 16.5. The van der Waals surface area contributed by atoms with Gasteiger partial charge in [0.25, 0.3) is 0 Å². The Morgan fingerprint density at radius 3 is 2.52 bits per heavy atom. The van der Waals surface area contributed by atoms with Gasteiger partial charge in [0.1, 0.15) is 12.4 Å². The monoisotopic (exact) mass is 312 g/mol. The Balaban J connectivity index is 1.82. The van der Waals surface area contributed by atoms with Crippen molar-refractivity contribution in [1.82, 2.24) is 5.32 Å². The standard InChI is InChI=1S/C19H24N2O2/c1-4-21(17-8-6-5-7-9-17)19(22)20-12-13-23-18-11-10-15(2)14-16(18)3/h5-11,14H,4,12-13H2,1-3H3,(H,20,22). The van der Waals surface area contributed by atoms with Gasteiger partial charge in [-0.05, 0) is 44.5 Å². The van der Waals surface area contributed by atoms with E-state index in [0.717, 1.165) is 17.0 Å². The first-order chi connectivity index (χ1) is 11.1. The number of anilines is 1. The molecule has 0 saturated carbocycles. The molecule has 0 aliphatic carbocycles. The molecule has 0 fully saturated rings. The molecule has 23 heavy (non-hydrogen) atoms. The normalized spacial score (nSPS) is 10.2. The van der Waals surface area contributed by atoms with Crippen LogP contribution in [0.2, 0.25) is 0 Å². The van der Waals surface area contributed by atoms with Gasteiger partial charge in [-0.1, -0.05) is 35.9 Å². The third-order valence-corrected chi connectivity index (χ3v) is 3.60. The summed E-state index contributed by atoms with van der Waals surface area (Å²) < 4.78 is 5.73. The average molecular weight is 312 g/mol. The Morgan fingerprint density at radius 1 is 1.13 bits per heavy atom. The summed E-state index contributed by atoms with van der Waals surface area (Å²) >= 11 is 0. The van der Waals surface area contributed by atoms with Crippen LogP contribution < -0.4 is 15.0 Å². The molecule has 0 aromatic heterocycles. The Hall–Kier alpha value is -2.49. The lowest BCUT2D eigenvalue weighted by Crippen LogP contribution is -2.41. The van der Waals surface area contributed by atoms with E-state index in [1.165, 1.54) is 5.56 Å². The number of benzene rings is 2. The number of urea groups is 1. The van der Waals surface area contributed by atoms with Gasteiger partial charge in [-0.2, -0.15) is 0 Å². The minimum absolute atomic E-state index is 0.108. The second-order valence-electron chi connectivity index (χ2n) is 5.43. The highest BCUT2D eigenvalue weighted by Crippen LogP contribution is 2.18. The zero-order valence-corrected chi connectivity index (χ0v) is 14.0. The fraction of sp³-hybridized carbons (Fsp3) is 0.316. The fourth-order valence-corrected chi connectivity index (χ4v) is 2.43. The van der Waals surface area contributed by atoms with Crippen molar-refractivity contribution in [2.45, 2.75) is 20.8 Å². The van der Waals surface area contributed by atoms with Crippen molar-refractivity contribution in [3.05, 3.63) is 59.7 Å². The number of ether oxygens (including phenoxy) is 1. The number of carbonyl (C=O) groups excluding carboxylic acids is 1. The van der Waals surface area contributed by atoms with Crippen molar-refractivity contribution in [2.24, 2.45) is 0 Å². The van der Waals surface area contributed by atoms with E-state index in [1.54, 1.807) is 4.90 Å². The third-order valence-electron chi connectivity index (χ3n) is 3.60. The van der Waals surface area contributed by atoms with Gasteiger partial charge in [-0.3, -0.25) is 4.90 Å². The van der Waals surface area contributed by atoms with E-state index in [0.29, 0.717) is 19.7 Å². The van der Waals surface area contributed by atoms with Crippen molar-refractivity contribution in [3.63, 3.8) is 0 Å². The van der Waals surface area contributed by atoms with Gasteiger partial charge in [0.2, 0.25) is 0 Å². The summed E-state index contributed by atoms with van der Waals surface area (Å²) in [6.45, 7) is 7.57. The van der Waals surface area contributed by atoms with Crippen LogP contribution in [0.4, 0.5) is 10.5 Å². The van der Waals surface area contributed by atoms with E-state index in [4.69, 9.17) is 4.74 Å². The maximum Gasteiger partial charge on any atom is 0.321 e. The van der Waals surface area contributed by atoms with Crippen LogP contribution in [-0.2, 0) is 0 Å². The summed E-state index contributed by atoms with van der Waals surface area (Å²) in [6, 6.07) is 15.6. The molecule has 122 valence electrons. The summed E-state index contributed by atoms with van der Waals surface area (Å²) in [4.78, 5) is 14.0. The smallest absolute Gasteiger partial charge is 0.321 e. The maximum atomic E-state index is 12.3. The number of aryl methyl sites for hydroxylation is 2. The van der Waals surface area contributed by atoms with E-state index in [2.05, 4.69) is 18.3 Å². The Morgan fingerprint density at radius 2 is 1.87 bits per heavy atom. The van der Waals surface area contributed by atoms with E-state index >= 15 is 0 Å². The Kier molecular flexibility index (Phi) is 6.03. The molecule has 0 unspecified atom stereocenters. The van der Waals surface area contributed by atoms with E-state index in [-0.39, 0.29) is 6.03 Å². The van der Waals surface area contributed by atoms with Gasteiger partial charge in [-0.25, -0.2) is 4.79 Å². The summed E-state index contributed by atoms with van der Waals surface area (Å²) in [5.74, 6) is 0.861. The van der Waals surface area contributed by atoms with Crippen LogP contribution in [0.25, 0.3) is 0 Å². The number of hydrogen-bond donors (Lipinski definition) is 1. The molecule has 0 aliphatic rings. The molecule has 0 atom stereocenters. The van der Waals surface area contributed by atoms with Crippen molar-refractivity contribution in [1.29, 1.82) is 0 Å². The summed E-state index contributed by atoms with van der Waals surface area (Å²) in [6.07, 6.45) is 0. The molecule has 4 heteroatoms. The van der Waals surface area contributed by atoms with Crippen LogP contribution in [0, 0.1) is 13.8 Å². The van der Waals surface area contributed by atoms with Crippen LogP contribution in [0.15, 0.2) is 48.5 Å². The zero-order valence-electron chi connectivity index (χ0n) is 14.0. The van der Waals surface area contributed by atoms with E-state index in [1.807, 2.05) is 56.3 Å².